The highest BCUT2D eigenvalue weighted by Gasteiger charge is 2.45. The first-order valence-electron chi connectivity index (χ1n) is 22.2. The molecule has 0 radical (unpaired) electrons. The van der Waals surface area contributed by atoms with Gasteiger partial charge in [0, 0.05) is 36.8 Å². The van der Waals surface area contributed by atoms with Gasteiger partial charge in [0.1, 0.15) is 53.8 Å². The first kappa shape index (κ1) is 45.8. The highest BCUT2D eigenvalue weighted by Crippen LogP contribution is 2.51. The van der Waals surface area contributed by atoms with Crippen molar-refractivity contribution in [2.75, 3.05) is 45.4 Å². The minimum atomic E-state index is -1.64. The standard InChI is InChI=1S/C51H57N6O7P/c1-35(2)57(36(3)4)65(62-30-28-52-5)64-44-31-46(56-32-38-17-14-29-55(48-47(38)49(56)54-34-53-48)50(58)37-15-10-8-11-16-37)63-45(44)33-61-51(39-18-12-9-13-19-39,40-20-24-42(59-6)25-21-40)41-22-26-43(60-7)27-23-41/h8-13,15-16,18-27,32,34-36,44-46H,14,17,28-31,33H2,1-4,6-7H3/t44-,45+,46+,65?/m0/s1. The van der Waals surface area contributed by atoms with Crippen molar-refractivity contribution in [1.29, 1.82) is 0 Å². The Morgan fingerprint density at radius 3 is 2.09 bits per heavy atom. The second-order valence-corrected chi connectivity index (χ2v) is 18.1. The molecule has 1 amide bonds. The van der Waals surface area contributed by atoms with Crippen LogP contribution in [0.4, 0.5) is 5.82 Å². The number of amides is 1. The maximum absolute atomic E-state index is 14.0. The second kappa shape index (κ2) is 20.6. The molecule has 0 bridgehead atoms. The van der Waals surface area contributed by atoms with Gasteiger partial charge >= 0.3 is 0 Å². The molecule has 4 atom stereocenters. The summed E-state index contributed by atoms with van der Waals surface area (Å²) in [6.45, 7) is 17.1. The van der Waals surface area contributed by atoms with Gasteiger partial charge in [-0.25, -0.2) is 21.2 Å². The van der Waals surface area contributed by atoms with E-state index in [1.54, 1.807) is 19.1 Å². The summed E-state index contributed by atoms with van der Waals surface area (Å²) < 4.78 is 43.8. The lowest BCUT2D eigenvalue weighted by Crippen LogP contribution is -2.39. The molecule has 0 aliphatic carbocycles. The Hall–Kier alpha value is -5.71. The topological polar surface area (TPSA) is 114 Å². The van der Waals surface area contributed by atoms with E-state index < -0.39 is 32.6 Å². The normalized spacial score (nSPS) is 18.0. The third-order valence-electron chi connectivity index (χ3n) is 12.0. The SMILES string of the molecule is [C-]#[N+]CCOP(O[C@H]1C[C@H](n2cc3c4c(ncnc42)N(C(=O)c2ccccc2)CCC3)O[C@@H]1COC(c1ccccc1)(c1ccc(OC)cc1)c1ccc(OC)cc1)N(C(C)C)C(C)C. The largest absolute Gasteiger partial charge is 0.497 e. The Balaban J connectivity index is 1.21. The highest BCUT2D eigenvalue weighted by atomic mass is 31.2. The van der Waals surface area contributed by atoms with Gasteiger partial charge in [0.2, 0.25) is 6.54 Å². The number of carbonyl (C=O) groups is 1. The smallest absolute Gasteiger partial charge is 0.259 e. The summed E-state index contributed by atoms with van der Waals surface area (Å²) in [6, 6.07) is 35.6. The summed E-state index contributed by atoms with van der Waals surface area (Å²) in [4.78, 5) is 28.9. The van der Waals surface area contributed by atoms with Crippen LogP contribution in [0.1, 0.15) is 79.4 Å². The first-order valence-corrected chi connectivity index (χ1v) is 23.4. The van der Waals surface area contributed by atoms with Crippen molar-refractivity contribution in [1.82, 2.24) is 19.2 Å². The number of hydrogen-bond acceptors (Lipinski definition) is 10. The zero-order valence-corrected chi connectivity index (χ0v) is 38.8. The number of rotatable bonds is 18. The van der Waals surface area contributed by atoms with Gasteiger partial charge in [0.25, 0.3) is 14.4 Å². The van der Waals surface area contributed by atoms with Crippen LogP contribution in [-0.4, -0.2) is 89.9 Å². The Kier molecular flexibility index (Phi) is 14.6. The molecule has 8 rings (SSSR count). The molecule has 2 aliphatic heterocycles. The summed E-state index contributed by atoms with van der Waals surface area (Å²) in [7, 11) is 1.67. The fraction of sp³-hybridized carbons (Fsp3) is 0.373. The van der Waals surface area contributed by atoms with Crippen molar-refractivity contribution in [2.24, 2.45) is 0 Å². The molecule has 338 valence electrons. The predicted molar refractivity (Wildman–Crippen MR) is 252 cm³/mol. The second-order valence-electron chi connectivity index (χ2n) is 16.7. The molecular weight excluding hydrogens is 840 g/mol. The van der Waals surface area contributed by atoms with E-state index in [9.17, 15) is 4.79 Å². The molecule has 0 N–H and O–H groups in total. The van der Waals surface area contributed by atoms with Crippen LogP contribution < -0.4 is 14.4 Å². The molecule has 6 aromatic rings. The van der Waals surface area contributed by atoms with E-state index in [4.69, 9.17) is 44.5 Å². The van der Waals surface area contributed by atoms with Crippen LogP contribution in [0.25, 0.3) is 15.9 Å². The third-order valence-corrected chi connectivity index (χ3v) is 14.2. The number of benzene rings is 4. The Morgan fingerprint density at radius 2 is 1.49 bits per heavy atom. The number of ether oxygens (including phenoxy) is 4. The first-order chi connectivity index (χ1) is 31.7. The van der Waals surface area contributed by atoms with Gasteiger partial charge in [-0.1, -0.05) is 72.8 Å². The lowest BCUT2D eigenvalue weighted by Gasteiger charge is -2.39. The number of hydrogen-bond donors (Lipinski definition) is 0. The zero-order chi connectivity index (χ0) is 45.5. The van der Waals surface area contributed by atoms with E-state index >= 15 is 0 Å². The lowest BCUT2D eigenvalue weighted by atomic mass is 9.80. The monoisotopic (exact) mass is 896 g/mol. The van der Waals surface area contributed by atoms with E-state index in [0.717, 1.165) is 52.0 Å². The molecule has 1 saturated heterocycles. The molecule has 1 unspecified atom stereocenters. The minimum absolute atomic E-state index is 0.0934. The van der Waals surface area contributed by atoms with Crippen molar-refractivity contribution >= 4 is 31.3 Å². The lowest BCUT2D eigenvalue weighted by molar-refractivity contribution is -0.0911. The van der Waals surface area contributed by atoms with Gasteiger partial charge in [-0.3, -0.25) is 9.69 Å². The molecule has 4 heterocycles. The third kappa shape index (κ3) is 9.52. The van der Waals surface area contributed by atoms with Crippen molar-refractivity contribution in [3.05, 3.63) is 161 Å². The molecule has 4 aromatic carbocycles. The van der Waals surface area contributed by atoms with Crippen LogP contribution in [-0.2, 0) is 30.5 Å². The molecule has 2 aliphatic rings. The Labute approximate surface area is 383 Å². The quantitative estimate of drug-likeness (QED) is 0.0358. The highest BCUT2D eigenvalue weighted by molar-refractivity contribution is 7.44. The van der Waals surface area contributed by atoms with Crippen LogP contribution in [0.5, 0.6) is 11.5 Å². The van der Waals surface area contributed by atoms with Gasteiger partial charge in [-0.15, -0.1) is 0 Å². The van der Waals surface area contributed by atoms with E-state index in [2.05, 4.69) is 60.1 Å². The number of methoxy groups -OCH3 is 2. The molecule has 0 saturated carbocycles. The van der Waals surface area contributed by atoms with Gasteiger partial charge in [-0.05, 0) is 99.2 Å². The molecular formula is C51H57N6O7P. The van der Waals surface area contributed by atoms with Crippen molar-refractivity contribution in [3.8, 4) is 11.5 Å². The van der Waals surface area contributed by atoms with Gasteiger partial charge in [0.05, 0.1) is 32.3 Å². The number of anilines is 1. The van der Waals surface area contributed by atoms with E-state index in [0.29, 0.717) is 30.0 Å². The number of carbonyl (C=O) groups excluding carboxylic acids is 1. The van der Waals surface area contributed by atoms with Crippen molar-refractivity contribution < 1.29 is 32.8 Å². The minimum Gasteiger partial charge on any atom is -0.497 e. The van der Waals surface area contributed by atoms with Crippen LogP contribution in [0.2, 0.25) is 0 Å². The molecule has 0 spiro atoms. The molecule has 14 heteroatoms. The summed E-state index contributed by atoms with van der Waals surface area (Å²) in [5.41, 5.74) is 3.94. The van der Waals surface area contributed by atoms with Crippen LogP contribution >= 0.6 is 8.53 Å². The number of aromatic nitrogens is 3. The van der Waals surface area contributed by atoms with Crippen molar-refractivity contribution in [2.45, 2.75) is 83.1 Å². The van der Waals surface area contributed by atoms with Gasteiger partial charge in [-0.2, -0.15) is 0 Å². The van der Waals surface area contributed by atoms with Crippen LogP contribution in [0.15, 0.2) is 122 Å². The Morgan fingerprint density at radius 1 is 0.877 bits per heavy atom. The summed E-state index contributed by atoms with van der Waals surface area (Å²) >= 11 is 0. The van der Waals surface area contributed by atoms with Crippen molar-refractivity contribution in [3.63, 3.8) is 0 Å². The molecule has 2 aromatic heterocycles. The molecule has 65 heavy (non-hydrogen) atoms. The van der Waals surface area contributed by atoms with E-state index in [1.165, 1.54) is 6.33 Å². The van der Waals surface area contributed by atoms with Crippen LogP contribution in [0.3, 0.4) is 0 Å². The fourth-order valence-corrected chi connectivity index (χ4v) is 10.8. The van der Waals surface area contributed by atoms with E-state index in [-0.39, 0.29) is 37.7 Å². The summed E-state index contributed by atoms with van der Waals surface area (Å²) in [5.74, 6) is 1.94. The van der Waals surface area contributed by atoms with E-state index in [1.807, 2.05) is 97.1 Å². The average Bonchev–Trinajstić information content (AvgIpc) is 3.85. The number of aryl methyl sites for hydroxylation is 1. The zero-order valence-electron chi connectivity index (χ0n) is 37.9. The predicted octanol–water partition coefficient (Wildman–Crippen LogP) is 10.0. The summed E-state index contributed by atoms with van der Waals surface area (Å²) in [6.07, 6.45) is 3.95. The maximum Gasteiger partial charge on any atom is 0.259 e. The van der Waals surface area contributed by atoms with Gasteiger partial charge in [0.15, 0.2) is 0 Å². The van der Waals surface area contributed by atoms with Crippen LogP contribution in [0, 0.1) is 6.57 Å². The molecule has 13 nitrogen and oxygen atoms in total. The fourth-order valence-electron chi connectivity index (χ4n) is 9.04. The van der Waals surface area contributed by atoms with Gasteiger partial charge < -0.3 is 37.4 Å². The summed E-state index contributed by atoms with van der Waals surface area (Å²) in [5, 5.41) is 0.840. The maximum atomic E-state index is 14.0. The molecule has 1 fully saturated rings. The Bertz CT molecular complexity index is 2500. The average molecular weight is 897 g/mol. The number of nitrogens with zero attached hydrogens (tertiary/aromatic N) is 6.